The molecule has 0 heteroatoms. The second kappa shape index (κ2) is 10.1. The number of allylic oxidation sites excluding steroid dienone is 6. The third-order valence-corrected chi connectivity index (χ3v) is 4.51. The minimum atomic E-state index is 1.08. The summed E-state index contributed by atoms with van der Waals surface area (Å²) in [7, 11) is 0. The third kappa shape index (κ3) is 5.67. The zero-order chi connectivity index (χ0) is 18.1. The Bertz CT molecular complexity index is 638. The van der Waals surface area contributed by atoms with Crippen LogP contribution < -0.4 is 0 Å². The van der Waals surface area contributed by atoms with Gasteiger partial charge in [0, 0.05) is 0 Å². The van der Waals surface area contributed by atoms with Gasteiger partial charge in [0.2, 0.25) is 0 Å². The number of rotatable bonds is 9. The van der Waals surface area contributed by atoms with Crippen molar-refractivity contribution in [1.29, 1.82) is 0 Å². The van der Waals surface area contributed by atoms with Gasteiger partial charge in [0.25, 0.3) is 0 Å². The molecule has 0 fully saturated rings. The number of unbranched alkanes of at least 4 members (excludes halogenated alkanes) is 1. The lowest BCUT2D eigenvalue weighted by molar-refractivity contribution is 0.825. The van der Waals surface area contributed by atoms with Crippen molar-refractivity contribution in [2.45, 2.75) is 66.7 Å². The Labute approximate surface area is 149 Å². The van der Waals surface area contributed by atoms with Crippen molar-refractivity contribution in [2.75, 3.05) is 0 Å². The van der Waals surface area contributed by atoms with Crippen molar-refractivity contribution in [2.24, 2.45) is 0 Å². The summed E-state index contributed by atoms with van der Waals surface area (Å²) in [6, 6.07) is 6.77. The topological polar surface area (TPSA) is 0 Å². The highest BCUT2D eigenvalue weighted by atomic mass is 14.2. The van der Waals surface area contributed by atoms with Crippen LogP contribution in [0.4, 0.5) is 0 Å². The number of aryl methyl sites for hydroxylation is 1. The molecule has 0 aliphatic carbocycles. The molecular weight excluding hydrogens is 288 g/mol. The fourth-order valence-corrected chi connectivity index (χ4v) is 3.11. The first-order chi connectivity index (χ1) is 11.4. The van der Waals surface area contributed by atoms with Crippen molar-refractivity contribution in [3.8, 4) is 0 Å². The summed E-state index contributed by atoms with van der Waals surface area (Å²) >= 11 is 0. The SMILES string of the molecule is C=C(C)/C(=C(/C)CC/C=C\C)c1ccc(C(=C)CCCC)cc1C. The largest absolute Gasteiger partial charge is 0.0955 e. The van der Waals surface area contributed by atoms with Crippen molar-refractivity contribution < 1.29 is 0 Å². The fourth-order valence-electron chi connectivity index (χ4n) is 3.11. The van der Waals surface area contributed by atoms with Gasteiger partial charge in [-0.15, -0.1) is 0 Å². The molecular formula is C24H34. The van der Waals surface area contributed by atoms with Crippen LogP contribution in [0.1, 0.15) is 76.5 Å². The molecule has 24 heavy (non-hydrogen) atoms. The Kier molecular flexibility index (Phi) is 8.54. The van der Waals surface area contributed by atoms with Crippen molar-refractivity contribution in [3.63, 3.8) is 0 Å². The minimum absolute atomic E-state index is 1.08. The second-order valence-electron chi connectivity index (χ2n) is 6.78. The Morgan fingerprint density at radius 1 is 1.12 bits per heavy atom. The van der Waals surface area contributed by atoms with Crippen LogP contribution in [0.2, 0.25) is 0 Å². The smallest absolute Gasteiger partial charge is 0.0152 e. The molecule has 0 N–H and O–H groups in total. The number of hydrogen-bond acceptors (Lipinski definition) is 0. The summed E-state index contributed by atoms with van der Waals surface area (Å²) in [4.78, 5) is 0. The van der Waals surface area contributed by atoms with E-state index < -0.39 is 0 Å². The van der Waals surface area contributed by atoms with Crippen LogP contribution in [0.5, 0.6) is 0 Å². The van der Waals surface area contributed by atoms with Crippen molar-refractivity contribution >= 4 is 11.1 Å². The van der Waals surface area contributed by atoms with Crippen LogP contribution in [-0.4, -0.2) is 0 Å². The van der Waals surface area contributed by atoms with E-state index >= 15 is 0 Å². The molecule has 0 saturated carbocycles. The van der Waals surface area contributed by atoms with Crippen LogP contribution >= 0.6 is 0 Å². The molecule has 0 amide bonds. The first kappa shape index (κ1) is 20.2. The Morgan fingerprint density at radius 3 is 2.38 bits per heavy atom. The molecule has 0 heterocycles. The Hall–Kier alpha value is -1.82. The summed E-state index contributed by atoms with van der Waals surface area (Å²) in [5.41, 5.74) is 9.04. The van der Waals surface area contributed by atoms with Gasteiger partial charge in [-0.2, -0.15) is 0 Å². The van der Waals surface area contributed by atoms with E-state index in [0.29, 0.717) is 0 Å². The number of benzene rings is 1. The molecule has 0 radical (unpaired) electrons. The molecule has 130 valence electrons. The third-order valence-electron chi connectivity index (χ3n) is 4.51. The van der Waals surface area contributed by atoms with Crippen LogP contribution in [0.25, 0.3) is 11.1 Å². The molecule has 0 bridgehead atoms. The van der Waals surface area contributed by atoms with Gasteiger partial charge in [0.15, 0.2) is 0 Å². The quantitative estimate of drug-likeness (QED) is 0.320. The van der Waals surface area contributed by atoms with Crippen LogP contribution in [0.15, 0.2) is 54.7 Å². The first-order valence-electron chi connectivity index (χ1n) is 9.18. The van der Waals surface area contributed by atoms with Gasteiger partial charge in [-0.25, -0.2) is 0 Å². The molecule has 0 aliphatic rings. The van der Waals surface area contributed by atoms with Gasteiger partial charge in [0.05, 0.1) is 0 Å². The van der Waals surface area contributed by atoms with E-state index in [-0.39, 0.29) is 0 Å². The first-order valence-corrected chi connectivity index (χ1v) is 9.18. The lowest BCUT2D eigenvalue weighted by Gasteiger charge is -2.17. The number of hydrogen-bond donors (Lipinski definition) is 0. The van der Waals surface area contributed by atoms with Crippen molar-refractivity contribution in [3.05, 3.63) is 71.3 Å². The summed E-state index contributed by atoms with van der Waals surface area (Å²) < 4.78 is 0. The van der Waals surface area contributed by atoms with Gasteiger partial charge >= 0.3 is 0 Å². The molecule has 0 unspecified atom stereocenters. The standard InChI is InChI=1S/C24H34/c1-8-10-12-14-20(6)24(18(3)4)23-16-15-22(17-21(23)7)19(5)13-11-9-2/h8,10,15-17H,3,5,9,11-14H2,1-2,4,6-7H3/b10-8-,24-20+. The zero-order valence-corrected chi connectivity index (χ0v) is 16.3. The highest BCUT2D eigenvalue weighted by Gasteiger charge is 2.11. The zero-order valence-electron chi connectivity index (χ0n) is 16.3. The minimum Gasteiger partial charge on any atom is -0.0955 e. The van der Waals surface area contributed by atoms with Crippen molar-refractivity contribution in [1.82, 2.24) is 0 Å². The summed E-state index contributed by atoms with van der Waals surface area (Å²) in [5, 5.41) is 0. The molecule has 0 nitrogen and oxygen atoms in total. The second-order valence-corrected chi connectivity index (χ2v) is 6.78. The van der Waals surface area contributed by atoms with Gasteiger partial charge in [-0.1, -0.05) is 68.0 Å². The fraction of sp³-hybridized carbons (Fsp3) is 0.417. The van der Waals surface area contributed by atoms with Crippen LogP contribution in [0.3, 0.4) is 0 Å². The lowest BCUT2D eigenvalue weighted by Crippen LogP contribution is -1.96. The molecule has 1 rings (SSSR count). The van der Waals surface area contributed by atoms with E-state index in [0.717, 1.165) is 24.8 Å². The maximum atomic E-state index is 4.26. The van der Waals surface area contributed by atoms with E-state index in [1.165, 1.54) is 46.3 Å². The van der Waals surface area contributed by atoms with E-state index in [4.69, 9.17) is 0 Å². The van der Waals surface area contributed by atoms with E-state index in [1.54, 1.807) is 0 Å². The summed E-state index contributed by atoms with van der Waals surface area (Å²) in [6.45, 7) is 19.3. The maximum Gasteiger partial charge on any atom is -0.0152 e. The van der Waals surface area contributed by atoms with Crippen LogP contribution in [-0.2, 0) is 0 Å². The van der Waals surface area contributed by atoms with E-state index in [9.17, 15) is 0 Å². The van der Waals surface area contributed by atoms with Gasteiger partial charge in [-0.05, 0) is 81.2 Å². The van der Waals surface area contributed by atoms with E-state index in [2.05, 4.69) is 78.1 Å². The van der Waals surface area contributed by atoms with Gasteiger partial charge < -0.3 is 0 Å². The molecule has 0 aliphatic heterocycles. The van der Waals surface area contributed by atoms with E-state index in [1.807, 2.05) is 0 Å². The highest BCUT2D eigenvalue weighted by Crippen LogP contribution is 2.32. The van der Waals surface area contributed by atoms with Gasteiger partial charge in [0.1, 0.15) is 0 Å². The Balaban J connectivity index is 3.15. The van der Waals surface area contributed by atoms with Crippen LogP contribution in [0, 0.1) is 6.92 Å². The summed E-state index contributed by atoms with van der Waals surface area (Å²) in [5.74, 6) is 0. The molecule has 0 atom stereocenters. The highest BCUT2D eigenvalue weighted by molar-refractivity contribution is 5.82. The molecule has 1 aromatic rings. The normalized spacial score (nSPS) is 12.4. The molecule has 0 spiro atoms. The molecule has 1 aromatic carbocycles. The Morgan fingerprint density at radius 2 is 1.83 bits per heavy atom. The average Bonchev–Trinajstić information content (AvgIpc) is 2.54. The monoisotopic (exact) mass is 322 g/mol. The molecule has 0 aromatic heterocycles. The summed E-state index contributed by atoms with van der Waals surface area (Å²) in [6.07, 6.45) is 10.0. The predicted molar refractivity (Wildman–Crippen MR) is 111 cm³/mol. The van der Waals surface area contributed by atoms with Gasteiger partial charge in [-0.3, -0.25) is 0 Å². The predicted octanol–water partition coefficient (Wildman–Crippen LogP) is 7.90. The maximum absolute atomic E-state index is 4.26. The average molecular weight is 323 g/mol. The lowest BCUT2D eigenvalue weighted by atomic mass is 9.88. The molecule has 0 saturated heterocycles.